The largest absolute Gasteiger partial charge is 0.449 e. The minimum absolute atomic E-state index is 0.391. The van der Waals surface area contributed by atoms with Crippen molar-refractivity contribution < 1.29 is 18.7 Å². The molecule has 0 aliphatic rings. The van der Waals surface area contributed by atoms with Crippen molar-refractivity contribution in [2.75, 3.05) is 5.32 Å². The van der Waals surface area contributed by atoms with Crippen LogP contribution < -0.4 is 5.32 Å². The Hall–Kier alpha value is -2.69. The zero-order valence-electron chi connectivity index (χ0n) is 13.2. The smallest absolute Gasteiger partial charge is 0.338 e. The summed E-state index contributed by atoms with van der Waals surface area (Å²) in [5.74, 6) is -1.43. The second-order valence-corrected chi connectivity index (χ2v) is 5.34. The summed E-state index contributed by atoms with van der Waals surface area (Å²) in [6.45, 7) is 5.33. The number of aryl methyl sites for hydroxylation is 2. The van der Waals surface area contributed by atoms with Gasteiger partial charge >= 0.3 is 5.97 Å². The van der Waals surface area contributed by atoms with Crippen LogP contribution in [0.5, 0.6) is 0 Å². The molecule has 0 saturated heterocycles. The van der Waals surface area contributed by atoms with Gasteiger partial charge in [0, 0.05) is 5.69 Å². The average Bonchev–Trinajstić information content (AvgIpc) is 2.52. The van der Waals surface area contributed by atoms with Crippen LogP contribution in [0.1, 0.15) is 28.4 Å². The number of hydrogen-bond donors (Lipinski definition) is 1. The maximum Gasteiger partial charge on any atom is 0.338 e. The van der Waals surface area contributed by atoms with E-state index in [2.05, 4.69) is 5.32 Å². The second kappa shape index (κ2) is 7.05. The van der Waals surface area contributed by atoms with Gasteiger partial charge in [-0.3, -0.25) is 4.79 Å². The van der Waals surface area contributed by atoms with Gasteiger partial charge in [0.2, 0.25) is 0 Å². The molecule has 23 heavy (non-hydrogen) atoms. The van der Waals surface area contributed by atoms with Crippen LogP contribution >= 0.6 is 0 Å². The van der Waals surface area contributed by atoms with Gasteiger partial charge in [-0.05, 0) is 68.3 Å². The van der Waals surface area contributed by atoms with Gasteiger partial charge < -0.3 is 10.1 Å². The molecule has 2 aromatic carbocycles. The Morgan fingerprint density at radius 3 is 2.30 bits per heavy atom. The topological polar surface area (TPSA) is 55.4 Å². The number of amides is 1. The highest BCUT2D eigenvalue weighted by atomic mass is 19.1. The average molecular weight is 315 g/mol. The number of hydrogen-bond acceptors (Lipinski definition) is 3. The Bertz CT molecular complexity index is 726. The van der Waals surface area contributed by atoms with Crippen LogP contribution in [0, 0.1) is 19.7 Å². The summed E-state index contributed by atoms with van der Waals surface area (Å²) in [4.78, 5) is 24.1. The fourth-order valence-electron chi connectivity index (χ4n) is 1.93. The van der Waals surface area contributed by atoms with E-state index in [4.69, 9.17) is 4.74 Å². The van der Waals surface area contributed by atoms with Crippen LogP contribution in [0.4, 0.5) is 10.1 Å². The molecular weight excluding hydrogens is 297 g/mol. The number of ether oxygens (including phenoxy) is 1. The fourth-order valence-corrected chi connectivity index (χ4v) is 1.93. The zero-order chi connectivity index (χ0) is 17.0. The van der Waals surface area contributed by atoms with E-state index in [0.29, 0.717) is 11.3 Å². The fraction of sp³-hybridized carbons (Fsp3) is 0.222. The summed E-state index contributed by atoms with van der Waals surface area (Å²) in [6.07, 6.45) is -0.964. The van der Waals surface area contributed by atoms with Crippen molar-refractivity contribution in [2.45, 2.75) is 26.9 Å². The molecule has 1 amide bonds. The summed E-state index contributed by atoms with van der Waals surface area (Å²) in [5.41, 5.74) is 2.88. The third-order valence-electron chi connectivity index (χ3n) is 3.51. The molecule has 0 bridgehead atoms. The highest BCUT2D eigenvalue weighted by Gasteiger charge is 2.19. The number of rotatable bonds is 4. The molecular formula is C18H18FNO3. The normalized spacial score (nSPS) is 11.7. The van der Waals surface area contributed by atoms with Gasteiger partial charge in [0.05, 0.1) is 5.56 Å². The summed E-state index contributed by atoms with van der Waals surface area (Å²) in [7, 11) is 0. The molecule has 1 N–H and O–H groups in total. The minimum Gasteiger partial charge on any atom is -0.449 e. The molecule has 0 radical (unpaired) electrons. The van der Waals surface area contributed by atoms with Crippen molar-refractivity contribution in [3.63, 3.8) is 0 Å². The summed E-state index contributed by atoms with van der Waals surface area (Å²) in [5, 5.41) is 2.56. The Labute approximate surface area is 134 Å². The SMILES string of the molecule is Cc1ccc(C(=O)OC(C)C(=O)Nc2ccc(F)cc2)cc1C. The molecule has 0 aliphatic heterocycles. The van der Waals surface area contributed by atoms with E-state index < -0.39 is 23.8 Å². The third-order valence-corrected chi connectivity index (χ3v) is 3.51. The highest BCUT2D eigenvalue weighted by Crippen LogP contribution is 2.13. The second-order valence-electron chi connectivity index (χ2n) is 5.34. The molecule has 2 aromatic rings. The van der Waals surface area contributed by atoms with Crippen LogP contribution in [0.15, 0.2) is 42.5 Å². The van der Waals surface area contributed by atoms with E-state index in [1.807, 2.05) is 19.9 Å². The van der Waals surface area contributed by atoms with Gasteiger partial charge in [-0.15, -0.1) is 0 Å². The number of benzene rings is 2. The quantitative estimate of drug-likeness (QED) is 0.877. The van der Waals surface area contributed by atoms with E-state index in [0.717, 1.165) is 11.1 Å². The highest BCUT2D eigenvalue weighted by molar-refractivity contribution is 5.97. The van der Waals surface area contributed by atoms with E-state index >= 15 is 0 Å². The summed E-state index contributed by atoms with van der Waals surface area (Å²) >= 11 is 0. The van der Waals surface area contributed by atoms with Crippen molar-refractivity contribution >= 4 is 17.6 Å². The van der Waals surface area contributed by atoms with Crippen LogP contribution in [0.3, 0.4) is 0 Å². The molecule has 1 atom stereocenters. The Balaban J connectivity index is 1.98. The summed E-state index contributed by atoms with van der Waals surface area (Å²) < 4.78 is 18.0. The van der Waals surface area contributed by atoms with E-state index in [1.165, 1.54) is 31.2 Å². The van der Waals surface area contributed by atoms with Crippen molar-refractivity contribution in [2.24, 2.45) is 0 Å². The third kappa shape index (κ3) is 4.39. The molecule has 5 heteroatoms. The molecule has 4 nitrogen and oxygen atoms in total. The molecule has 0 aromatic heterocycles. The van der Waals surface area contributed by atoms with Crippen LogP contribution in [0.25, 0.3) is 0 Å². The molecule has 0 aliphatic carbocycles. The number of anilines is 1. The number of carbonyl (C=O) groups is 2. The molecule has 0 heterocycles. The van der Waals surface area contributed by atoms with Gasteiger partial charge in [-0.2, -0.15) is 0 Å². The number of carbonyl (C=O) groups excluding carboxylic acids is 2. The lowest BCUT2D eigenvalue weighted by atomic mass is 10.1. The van der Waals surface area contributed by atoms with E-state index in [1.54, 1.807) is 12.1 Å². The Kier molecular flexibility index (Phi) is 5.11. The monoisotopic (exact) mass is 315 g/mol. The van der Waals surface area contributed by atoms with Gasteiger partial charge in [0.25, 0.3) is 5.91 Å². The predicted octanol–water partition coefficient (Wildman–Crippen LogP) is 3.63. The van der Waals surface area contributed by atoms with Gasteiger partial charge in [0.1, 0.15) is 5.82 Å². The van der Waals surface area contributed by atoms with Crippen LogP contribution in [-0.4, -0.2) is 18.0 Å². The van der Waals surface area contributed by atoms with Crippen molar-refractivity contribution in [3.8, 4) is 0 Å². The summed E-state index contributed by atoms with van der Waals surface area (Å²) in [6, 6.07) is 10.6. The molecule has 0 fully saturated rings. The first-order chi connectivity index (χ1) is 10.9. The Morgan fingerprint density at radius 2 is 1.70 bits per heavy atom. The lowest BCUT2D eigenvalue weighted by Crippen LogP contribution is -2.30. The lowest BCUT2D eigenvalue weighted by molar-refractivity contribution is -0.123. The van der Waals surface area contributed by atoms with Gasteiger partial charge in [-0.25, -0.2) is 9.18 Å². The molecule has 0 saturated carbocycles. The molecule has 2 rings (SSSR count). The first-order valence-corrected chi connectivity index (χ1v) is 7.21. The maximum atomic E-state index is 12.8. The maximum absolute atomic E-state index is 12.8. The number of nitrogens with one attached hydrogen (secondary N) is 1. The first-order valence-electron chi connectivity index (χ1n) is 7.21. The lowest BCUT2D eigenvalue weighted by Gasteiger charge is -2.14. The van der Waals surface area contributed by atoms with Gasteiger partial charge in [0.15, 0.2) is 6.10 Å². The predicted molar refractivity (Wildman–Crippen MR) is 85.8 cm³/mol. The Morgan fingerprint density at radius 1 is 1.04 bits per heavy atom. The van der Waals surface area contributed by atoms with E-state index in [9.17, 15) is 14.0 Å². The molecule has 1 unspecified atom stereocenters. The van der Waals surface area contributed by atoms with E-state index in [-0.39, 0.29) is 0 Å². The minimum atomic E-state index is -0.964. The molecule has 0 spiro atoms. The standard InChI is InChI=1S/C18H18FNO3/c1-11-4-5-14(10-12(11)2)18(22)23-13(3)17(21)20-16-8-6-15(19)7-9-16/h4-10,13H,1-3H3,(H,20,21). The zero-order valence-corrected chi connectivity index (χ0v) is 13.2. The number of halogens is 1. The van der Waals surface area contributed by atoms with Gasteiger partial charge in [-0.1, -0.05) is 6.07 Å². The molecule has 120 valence electrons. The van der Waals surface area contributed by atoms with Crippen molar-refractivity contribution in [1.29, 1.82) is 0 Å². The van der Waals surface area contributed by atoms with Crippen LogP contribution in [0.2, 0.25) is 0 Å². The van der Waals surface area contributed by atoms with Crippen LogP contribution in [-0.2, 0) is 9.53 Å². The number of esters is 1. The van der Waals surface area contributed by atoms with Crippen molar-refractivity contribution in [1.82, 2.24) is 0 Å². The first kappa shape index (κ1) is 16.7. The van der Waals surface area contributed by atoms with Crippen molar-refractivity contribution in [3.05, 3.63) is 65.0 Å².